The molecule has 0 saturated carbocycles. The van der Waals surface area contributed by atoms with Crippen molar-refractivity contribution in [2.75, 3.05) is 38.2 Å². The van der Waals surface area contributed by atoms with Crippen LogP contribution in [0.1, 0.15) is 6.92 Å². The summed E-state index contributed by atoms with van der Waals surface area (Å²) in [4.78, 5) is 16.9. The van der Waals surface area contributed by atoms with Gasteiger partial charge in [0.25, 0.3) is 5.91 Å². The van der Waals surface area contributed by atoms with Gasteiger partial charge in [-0.1, -0.05) is 15.9 Å². The molecular weight excluding hydrogens is 476 g/mol. The van der Waals surface area contributed by atoms with E-state index in [2.05, 4.69) is 36.8 Å². The molecule has 1 heterocycles. The summed E-state index contributed by atoms with van der Waals surface area (Å²) in [6.45, 7) is 4.76. The minimum atomic E-state index is -0.532. The topological polar surface area (TPSA) is 42.0 Å². The molecule has 3 rings (SSSR count). The number of ether oxygens (including phenoxy) is 2. The van der Waals surface area contributed by atoms with Crippen LogP contribution in [0.4, 0.5) is 5.69 Å². The van der Waals surface area contributed by atoms with Crippen LogP contribution in [0.5, 0.6) is 11.5 Å². The third-order valence-corrected chi connectivity index (χ3v) is 5.69. The highest BCUT2D eigenvalue weighted by Gasteiger charge is 2.26. The third-order valence-electron chi connectivity index (χ3n) is 4.57. The first-order valence-corrected chi connectivity index (χ1v) is 10.4. The summed E-state index contributed by atoms with van der Waals surface area (Å²) in [5.74, 6) is 1.52. The molecule has 1 saturated heterocycles. The van der Waals surface area contributed by atoms with E-state index in [4.69, 9.17) is 9.47 Å². The first-order valence-electron chi connectivity index (χ1n) is 8.77. The second-order valence-electron chi connectivity index (χ2n) is 6.35. The summed E-state index contributed by atoms with van der Waals surface area (Å²) < 4.78 is 12.8. The largest absolute Gasteiger partial charge is 0.497 e. The van der Waals surface area contributed by atoms with Crippen LogP contribution in [0.15, 0.2) is 51.4 Å². The maximum atomic E-state index is 12.7. The van der Waals surface area contributed by atoms with Gasteiger partial charge >= 0.3 is 0 Å². The van der Waals surface area contributed by atoms with Crippen molar-refractivity contribution in [1.29, 1.82) is 0 Å². The number of piperazine rings is 1. The number of amides is 1. The summed E-state index contributed by atoms with van der Waals surface area (Å²) in [5.41, 5.74) is 1.14. The van der Waals surface area contributed by atoms with Crippen molar-refractivity contribution in [1.82, 2.24) is 4.90 Å². The van der Waals surface area contributed by atoms with E-state index in [0.717, 1.165) is 33.5 Å². The van der Waals surface area contributed by atoms with Gasteiger partial charge in [0.2, 0.25) is 0 Å². The number of anilines is 1. The summed E-state index contributed by atoms with van der Waals surface area (Å²) >= 11 is 6.88. The van der Waals surface area contributed by atoms with Crippen molar-refractivity contribution in [3.8, 4) is 11.5 Å². The van der Waals surface area contributed by atoms with Gasteiger partial charge in [-0.25, -0.2) is 0 Å². The molecule has 5 nitrogen and oxygen atoms in total. The monoisotopic (exact) mass is 496 g/mol. The summed E-state index contributed by atoms with van der Waals surface area (Å²) in [6, 6.07) is 13.7. The fraction of sp³-hybridized carbons (Fsp3) is 0.350. The molecular formula is C20H22Br2N2O3. The molecule has 1 unspecified atom stereocenters. The molecule has 0 bridgehead atoms. The van der Waals surface area contributed by atoms with E-state index < -0.39 is 6.10 Å². The molecule has 0 aliphatic carbocycles. The Morgan fingerprint density at radius 3 is 2.30 bits per heavy atom. The Hall–Kier alpha value is -1.73. The first-order chi connectivity index (χ1) is 13.0. The molecule has 0 spiro atoms. The SMILES string of the molecule is COc1ccc(N2CCN(C(=O)C(C)Oc3ccc(Br)cc3Br)CC2)cc1. The minimum absolute atomic E-state index is 0.0131. The third kappa shape index (κ3) is 4.96. The second-order valence-corrected chi connectivity index (χ2v) is 8.12. The number of benzene rings is 2. The highest BCUT2D eigenvalue weighted by molar-refractivity contribution is 9.11. The number of nitrogens with zero attached hydrogens (tertiary/aromatic N) is 2. The normalized spacial score (nSPS) is 15.4. The van der Waals surface area contributed by atoms with Crippen LogP contribution < -0.4 is 14.4 Å². The number of halogens is 2. The highest BCUT2D eigenvalue weighted by atomic mass is 79.9. The van der Waals surface area contributed by atoms with E-state index >= 15 is 0 Å². The predicted molar refractivity (Wildman–Crippen MR) is 114 cm³/mol. The lowest BCUT2D eigenvalue weighted by Crippen LogP contribution is -2.52. The molecule has 1 aliphatic heterocycles. The number of methoxy groups -OCH3 is 1. The molecule has 2 aromatic carbocycles. The number of carbonyl (C=O) groups excluding carboxylic acids is 1. The van der Waals surface area contributed by atoms with Crippen molar-refractivity contribution in [2.45, 2.75) is 13.0 Å². The van der Waals surface area contributed by atoms with Gasteiger partial charge in [0.1, 0.15) is 11.5 Å². The Bertz CT molecular complexity index is 790. The number of hydrogen-bond acceptors (Lipinski definition) is 4. The first kappa shape index (κ1) is 20.0. The maximum Gasteiger partial charge on any atom is 0.263 e. The molecule has 1 amide bonds. The van der Waals surface area contributed by atoms with Gasteiger partial charge in [0, 0.05) is 36.3 Å². The van der Waals surface area contributed by atoms with Crippen molar-refractivity contribution >= 4 is 43.5 Å². The molecule has 0 N–H and O–H groups in total. The molecule has 1 fully saturated rings. The smallest absolute Gasteiger partial charge is 0.263 e. The number of carbonyl (C=O) groups is 1. The summed E-state index contributed by atoms with van der Waals surface area (Å²) in [5, 5.41) is 0. The minimum Gasteiger partial charge on any atom is -0.497 e. The van der Waals surface area contributed by atoms with Crippen LogP contribution in [0, 0.1) is 0 Å². The van der Waals surface area contributed by atoms with E-state index in [1.54, 1.807) is 14.0 Å². The average Bonchev–Trinajstić information content (AvgIpc) is 2.69. The quantitative estimate of drug-likeness (QED) is 0.616. The van der Waals surface area contributed by atoms with Gasteiger partial charge in [-0.15, -0.1) is 0 Å². The van der Waals surface area contributed by atoms with Gasteiger partial charge in [0.05, 0.1) is 11.6 Å². The van der Waals surface area contributed by atoms with Gasteiger partial charge in [0.15, 0.2) is 6.10 Å². The second kappa shape index (κ2) is 8.97. The van der Waals surface area contributed by atoms with E-state index in [0.29, 0.717) is 18.8 Å². The van der Waals surface area contributed by atoms with Crippen molar-refractivity contribution in [3.63, 3.8) is 0 Å². The van der Waals surface area contributed by atoms with Crippen LogP contribution in [-0.4, -0.2) is 50.2 Å². The van der Waals surface area contributed by atoms with E-state index in [1.165, 1.54) is 0 Å². The Morgan fingerprint density at radius 2 is 1.70 bits per heavy atom. The molecule has 7 heteroatoms. The van der Waals surface area contributed by atoms with Gasteiger partial charge in [-0.2, -0.15) is 0 Å². The van der Waals surface area contributed by atoms with Crippen LogP contribution in [0.25, 0.3) is 0 Å². The summed E-state index contributed by atoms with van der Waals surface area (Å²) in [6.07, 6.45) is -0.532. The molecule has 1 atom stereocenters. The van der Waals surface area contributed by atoms with Crippen molar-refractivity contribution < 1.29 is 14.3 Å². The molecule has 0 aromatic heterocycles. The molecule has 1 aliphatic rings. The van der Waals surface area contributed by atoms with Gasteiger partial charge in [-0.3, -0.25) is 4.79 Å². The average molecular weight is 498 g/mol. The fourth-order valence-electron chi connectivity index (χ4n) is 3.05. The zero-order chi connectivity index (χ0) is 19.4. The van der Waals surface area contributed by atoms with Crippen molar-refractivity contribution in [2.24, 2.45) is 0 Å². The Morgan fingerprint density at radius 1 is 1.04 bits per heavy atom. The van der Waals surface area contributed by atoms with Crippen molar-refractivity contribution in [3.05, 3.63) is 51.4 Å². The lowest BCUT2D eigenvalue weighted by atomic mass is 10.2. The molecule has 2 aromatic rings. The Balaban J connectivity index is 1.55. The number of hydrogen-bond donors (Lipinski definition) is 0. The lowest BCUT2D eigenvalue weighted by Gasteiger charge is -2.37. The molecule has 144 valence electrons. The van der Waals surface area contributed by atoms with E-state index in [9.17, 15) is 4.79 Å². The molecule has 0 radical (unpaired) electrons. The zero-order valence-electron chi connectivity index (χ0n) is 15.3. The summed E-state index contributed by atoms with van der Waals surface area (Å²) in [7, 11) is 1.66. The van der Waals surface area contributed by atoms with Gasteiger partial charge in [-0.05, 0) is 65.3 Å². The van der Waals surface area contributed by atoms with Crippen LogP contribution in [-0.2, 0) is 4.79 Å². The standard InChI is InChI=1S/C20H22Br2N2O3/c1-14(27-19-8-3-15(21)13-18(19)22)20(25)24-11-9-23(10-12-24)16-4-6-17(26-2)7-5-16/h3-8,13-14H,9-12H2,1-2H3. The van der Waals surface area contributed by atoms with Crippen LogP contribution >= 0.6 is 31.9 Å². The maximum absolute atomic E-state index is 12.7. The van der Waals surface area contributed by atoms with Crippen LogP contribution in [0.2, 0.25) is 0 Å². The molecule has 27 heavy (non-hydrogen) atoms. The highest BCUT2D eigenvalue weighted by Crippen LogP contribution is 2.29. The fourth-order valence-corrected chi connectivity index (χ4v) is 4.19. The van der Waals surface area contributed by atoms with Gasteiger partial charge < -0.3 is 19.3 Å². The van der Waals surface area contributed by atoms with E-state index in [1.807, 2.05) is 47.4 Å². The predicted octanol–water partition coefficient (Wildman–Crippen LogP) is 4.34. The lowest BCUT2D eigenvalue weighted by molar-refractivity contribution is -0.138. The Kier molecular flexibility index (Phi) is 6.65. The zero-order valence-corrected chi connectivity index (χ0v) is 18.5. The Labute approximate surface area is 176 Å². The van der Waals surface area contributed by atoms with Crippen LogP contribution in [0.3, 0.4) is 0 Å². The number of rotatable bonds is 5. The van der Waals surface area contributed by atoms with E-state index in [-0.39, 0.29) is 5.91 Å².